The summed E-state index contributed by atoms with van der Waals surface area (Å²) in [4.78, 5) is 13.9. The summed E-state index contributed by atoms with van der Waals surface area (Å²) in [5.74, 6) is -0.578. The molecule has 0 aliphatic heterocycles. The van der Waals surface area contributed by atoms with E-state index in [1.165, 1.54) is 0 Å². The van der Waals surface area contributed by atoms with Gasteiger partial charge in [0.15, 0.2) is 0 Å². The fourth-order valence-electron chi connectivity index (χ4n) is 3.64. The van der Waals surface area contributed by atoms with Gasteiger partial charge in [-0.1, -0.05) is 66.2 Å². The van der Waals surface area contributed by atoms with Crippen LogP contribution in [0.3, 0.4) is 0 Å². The summed E-state index contributed by atoms with van der Waals surface area (Å²) in [5.41, 5.74) is 3.30. The lowest BCUT2D eigenvalue weighted by Gasteiger charge is -2.25. The molecule has 0 aromatic heterocycles. The average molecular weight is 430 g/mol. The van der Waals surface area contributed by atoms with Gasteiger partial charge in [-0.3, -0.25) is 4.79 Å². The monoisotopic (exact) mass is 429 g/mol. The molecule has 0 saturated carbocycles. The predicted molar refractivity (Wildman–Crippen MR) is 125 cm³/mol. The Bertz CT molecular complexity index is 1380. The Morgan fingerprint density at radius 1 is 0.742 bits per heavy atom. The quantitative estimate of drug-likeness (QED) is 0.412. The van der Waals surface area contributed by atoms with Crippen molar-refractivity contribution in [2.75, 3.05) is 4.31 Å². The molecule has 4 aromatic rings. The fraction of sp³-hybridized carbons (Fsp3) is 0.115. The van der Waals surface area contributed by atoms with E-state index in [1.54, 1.807) is 48.5 Å². The maximum atomic E-state index is 13.9. The minimum Gasteiger partial charge on any atom is -0.268 e. The summed E-state index contributed by atoms with van der Waals surface area (Å²) >= 11 is 0. The third-order valence-electron chi connectivity index (χ3n) is 5.56. The zero-order valence-corrected chi connectivity index (χ0v) is 18.5. The van der Waals surface area contributed by atoms with Gasteiger partial charge < -0.3 is 0 Å². The molecule has 156 valence electrons. The van der Waals surface area contributed by atoms with Crippen molar-refractivity contribution in [3.05, 3.63) is 107 Å². The Balaban J connectivity index is 1.98. The van der Waals surface area contributed by atoms with E-state index in [9.17, 15) is 13.2 Å². The molecular weight excluding hydrogens is 406 g/mol. The lowest BCUT2D eigenvalue weighted by molar-refractivity contribution is 0.101. The molecule has 0 N–H and O–H groups in total. The molecule has 0 unspecified atom stereocenters. The van der Waals surface area contributed by atoms with Gasteiger partial charge in [0.25, 0.3) is 15.9 Å². The first-order valence-electron chi connectivity index (χ1n) is 10.0. The highest BCUT2D eigenvalue weighted by atomic mass is 32.2. The summed E-state index contributed by atoms with van der Waals surface area (Å²) in [5, 5.41) is 1.59. The number of rotatable bonds is 4. The van der Waals surface area contributed by atoms with E-state index in [1.807, 2.05) is 57.2 Å². The Morgan fingerprint density at radius 2 is 1.39 bits per heavy atom. The topological polar surface area (TPSA) is 54.5 Å². The smallest absolute Gasteiger partial charge is 0.268 e. The van der Waals surface area contributed by atoms with Gasteiger partial charge in [0.2, 0.25) is 0 Å². The predicted octanol–water partition coefficient (Wildman–Crippen LogP) is 5.80. The number of anilines is 1. The number of carbonyl (C=O) groups excluding carboxylic acids is 1. The highest BCUT2D eigenvalue weighted by Crippen LogP contribution is 2.32. The van der Waals surface area contributed by atoms with Crippen LogP contribution in [-0.4, -0.2) is 14.3 Å². The molecule has 4 rings (SSSR count). The van der Waals surface area contributed by atoms with E-state index in [0.717, 1.165) is 26.4 Å². The van der Waals surface area contributed by atoms with Crippen molar-refractivity contribution < 1.29 is 13.2 Å². The zero-order chi connectivity index (χ0) is 22.2. The minimum atomic E-state index is -4.14. The zero-order valence-electron chi connectivity index (χ0n) is 17.7. The third-order valence-corrected chi connectivity index (χ3v) is 7.27. The standard InChI is InChI=1S/C26H23NO3S/c1-18-14-16-22(17-15-18)31(29,30)27(25-13-6-8-19(2)20(25)3)26(28)24-12-7-10-21-9-4-5-11-23(21)24/h4-17H,1-3H3. The van der Waals surface area contributed by atoms with Gasteiger partial charge in [-0.05, 0) is 66.9 Å². The van der Waals surface area contributed by atoms with E-state index >= 15 is 0 Å². The van der Waals surface area contributed by atoms with Gasteiger partial charge in [-0.15, -0.1) is 0 Å². The maximum Gasteiger partial charge on any atom is 0.272 e. The molecule has 0 aliphatic rings. The first kappa shape index (κ1) is 20.8. The minimum absolute atomic E-state index is 0.0765. The van der Waals surface area contributed by atoms with Crippen LogP contribution in [0.4, 0.5) is 5.69 Å². The van der Waals surface area contributed by atoms with E-state index in [-0.39, 0.29) is 4.90 Å². The summed E-state index contributed by atoms with van der Waals surface area (Å²) in [6.07, 6.45) is 0. The number of carbonyl (C=O) groups is 1. The second kappa shape index (κ2) is 8.00. The highest BCUT2D eigenvalue weighted by Gasteiger charge is 2.33. The molecule has 0 heterocycles. The fourth-order valence-corrected chi connectivity index (χ4v) is 5.10. The summed E-state index contributed by atoms with van der Waals surface area (Å²) < 4.78 is 28.5. The summed E-state index contributed by atoms with van der Waals surface area (Å²) in [7, 11) is -4.14. The molecule has 4 aromatic carbocycles. The first-order valence-corrected chi connectivity index (χ1v) is 11.4. The molecule has 31 heavy (non-hydrogen) atoms. The van der Waals surface area contributed by atoms with Crippen LogP contribution in [0.25, 0.3) is 10.8 Å². The SMILES string of the molecule is Cc1ccc(S(=O)(=O)N(C(=O)c2cccc3ccccc23)c2cccc(C)c2C)cc1. The Kier molecular flexibility index (Phi) is 5.38. The number of hydrogen-bond donors (Lipinski definition) is 0. The van der Waals surface area contributed by atoms with Crippen LogP contribution >= 0.6 is 0 Å². The molecule has 1 amide bonds. The number of benzene rings is 4. The molecule has 0 fully saturated rings. The van der Waals surface area contributed by atoms with Gasteiger partial charge in [-0.25, -0.2) is 8.42 Å². The van der Waals surface area contributed by atoms with Crippen LogP contribution in [0.5, 0.6) is 0 Å². The molecule has 0 atom stereocenters. The average Bonchev–Trinajstić information content (AvgIpc) is 2.76. The van der Waals surface area contributed by atoms with Crippen molar-refractivity contribution in [2.45, 2.75) is 25.7 Å². The number of sulfonamides is 1. The van der Waals surface area contributed by atoms with Gasteiger partial charge in [0.1, 0.15) is 0 Å². The van der Waals surface area contributed by atoms with Crippen LogP contribution in [-0.2, 0) is 10.0 Å². The molecule has 0 spiro atoms. The lowest BCUT2D eigenvalue weighted by atomic mass is 10.0. The van der Waals surface area contributed by atoms with Crippen LogP contribution in [0.2, 0.25) is 0 Å². The number of fused-ring (bicyclic) bond motifs is 1. The van der Waals surface area contributed by atoms with Gasteiger partial charge >= 0.3 is 0 Å². The second-order valence-corrected chi connectivity index (χ2v) is 9.42. The maximum absolute atomic E-state index is 13.9. The molecule has 0 saturated heterocycles. The van der Waals surface area contributed by atoms with Gasteiger partial charge in [0.05, 0.1) is 10.6 Å². The molecular formula is C26H23NO3S. The Morgan fingerprint density at radius 3 is 2.13 bits per heavy atom. The van der Waals surface area contributed by atoms with Crippen molar-refractivity contribution in [3.63, 3.8) is 0 Å². The molecule has 4 nitrogen and oxygen atoms in total. The summed E-state index contributed by atoms with van der Waals surface area (Å²) in [6, 6.07) is 24.7. The van der Waals surface area contributed by atoms with E-state index in [0.29, 0.717) is 16.6 Å². The van der Waals surface area contributed by atoms with Crippen molar-refractivity contribution in [1.82, 2.24) is 0 Å². The molecule has 0 bridgehead atoms. The molecule has 0 aliphatic carbocycles. The van der Waals surface area contributed by atoms with E-state index < -0.39 is 15.9 Å². The summed E-state index contributed by atoms with van der Waals surface area (Å²) in [6.45, 7) is 5.62. The van der Waals surface area contributed by atoms with Crippen molar-refractivity contribution >= 4 is 32.4 Å². The first-order chi connectivity index (χ1) is 14.8. The van der Waals surface area contributed by atoms with Crippen LogP contribution in [0, 0.1) is 20.8 Å². The van der Waals surface area contributed by atoms with Crippen molar-refractivity contribution in [2.24, 2.45) is 0 Å². The normalized spacial score (nSPS) is 11.5. The Labute approximate surface area is 182 Å². The van der Waals surface area contributed by atoms with Gasteiger partial charge in [-0.2, -0.15) is 4.31 Å². The number of nitrogens with zero attached hydrogens (tertiary/aromatic N) is 1. The highest BCUT2D eigenvalue weighted by molar-refractivity contribution is 7.93. The van der Waals surface area contributed by atoms with Gasteiger partial charge in [0, 0.05) is 5.56 Å². The lowest BCUT2D eigenvalue weighted by Crippen LogP contribution is -2.37. The Hall–Kier alpha value is -3.44. The number of hydrogen-bond acceptors (Lipinski definition) is 3. The van der Waals surface area contributed by atoms with Crippen molar-refractivity contribution in [1.29, 1.82) is 0 Å². The largest absolute Gasteiger partial charge is 0.272 e. The number of aryl methyl sites for hydroxylation is 2. The second-order valence-electron chi connectivity index (χ2n) is 7.63. The molecule has 5 heteroatoms. The number of amides is 1. The van der Waals surface area contributed by atoms with Crippen LogP contribution in [0.15, 0.2) is 89.8 Å². The van der Waals surface area contributed by atoms with Crippen LogP contribution < -0.4 is 4.31 Å². The van der Waals surface area contributed by atoms with E-state index in [2.05, 4.69) is 0 Å². The third kappa shape index (κ3) is 3.73. The van der Waals surface area contributed by atoms with E-state index in [4.69, 9.17) is 0 Å². The molecule has 0 radical (unpaired) electrons. The van der Waals surface area contributed by atoms with Crippen molar-refractivity contribution in [3.8, 4) is 0 Å². The van der Waals surface area contributed by atoms with Crippen LogP contribution in [0.1, 0.15) is 27.0 Å².